The number of imide groups is 1. The maximum Gasteiger partial charge on any atom is 0.274 e. The number of amides is 3. The standard InChI is InChI=1S/C26H22N2O5/c29-24-12-13-25(30)28(24)17-19(16-18-8-10-21(11-9-18)26(31)27-32)14-15-33-23-7-3-5-20-4-1-2-6-22(20)23/h1-13,16,32H,14-15,17H2,(H,27,31)/b19-16+. The molecule has 1 aliphatic heterocycles. The van der Waals surface area contributed by atoms with Crippen molar-refractivity contribution >= 4 is 34.6 Å². The number of ether oxygens (including phenoxy) is 1. The Labute approximate surface area is 190 Å². The molecule has 0 aromatic heterocycles. The van der Waals surface area contributed by atoms with Crippen molar-refractivity contribution in [3.63, 3.8) is 0 Å². The van der Waals surface area contributed by atoms with Gasteiger partial charge in [0.1, 0.15) is 5.75 Å². The lowest BCUT2D eigenvalue weighted by molar-refractivity contribution is -0.136. The molecule has 0 aliphatic carbocycles. The van der Waals surface area contributed by atoms with Crippen molar-refractivity contribution in [3.05, 3.63) is 95.6 Å². The van der Waals surface area contributed by atoms with Crippen LogP contribution < -0.4 is 10.2 Å². The zero-order chi connectivity index (χ0) is 23.2. The Morgan fingerprint density at radius 1 is 0.939 bits per heavy atom. The van der Waals surface area contributed by atoms with Crippen molar-refractivity contribution in [2.24, 2.45) is 0 Å². The number of carbonyl (C=O) groups is 3. The van der Waals surface area contributed by atoms with Gasteiger partial charge in [-0.25, -0.2) is 5.48 Å². The fourth-order valence-electron chi connectivity index (χ4n) is 3.63. The van der Waals surface area contributed by atoms with Crippen molar-refractivity contribution < 1.29 is 24.3 Å². The minimum Gasteiger partial charge on any atom is -0.493 e. The fraction of sp³-hybridized carbons (Fsp3) is 0.115. The van der Waals surface area contributed by atoms with Gasteiger partial charge in [0, 0.05) is 29.5 Å². The molecule has 3 aromatic rings. The molecule has 3 amide bonds. The zero-order valence-electron chi connectivity index (χ0n) is 17.7. The highest BCUT2D eigenvalue weighted by atomic mass is 16.5. The molecule has 0 atom stereocenters. The van der Waals surface area contributed by atoms with E-state index in [2.05, 4.69) is 0 Å². The summed E-state index contributed by atoms with van der Waals surface area (Å²) in [5, 5.41) is 10.9. The summed E-state index contributed by atoms with van der Waals surface area (Å²) in [4.78, 5) is 36.8. The molecule has 7 nitrogen and oxygen atoms in total. The van der Waals surface area contributed by atoms with Gasteiger partial charge >= 0.3 is 0 Å². The number of hydrogen-bond donors (Lipinski definition) is 2. The van der Waals surface area contributed by atoms with E-state index < -0.39 is 5.91 Å². The van der Waals surface area contributed by atoms with E-state index in [1.807, 2.05) is 48.5 Å². The molecule has 4 rings (SSSR count). The number of benzene rings is 3. The van der Waals surface area contributed by atoms with E-state index >= 15 is 0 Å². The summed E-state index contributed by atoms with van der Waals surface area (Å²) in [7, 11) is 0. The lowest BCUT2D eigenvalue weighted by Crippen LogP contribution is -2.32. The smallest absolute Gasteiger partial charge is 0.274 e. The summed E-state index contributed by atoms with van der Waals surface area (Å²) in [6, 6.07) is 20.4. The van der Waals surface area contributed by atoms with Crippen LogP contribution in [0, 0.1) is 0 Å². The van der Waals surface area contributed by atoms with Crippen LogP contribution in [0.2, 0.25) is 0 Å². The first-order chi connectivity index (χ1) is 16.0. The molecule has 33 heavy (non-hydrogen) atoms. The van der Waals surface area contributed by atoms with E-state index in [0.717, 1.165) is 27.7 Å². The topological polar surface area (TPSA) is 95.9 Å². The van der Waals surface area contributed by atoms with Crippen LogP contribution in [0.15, 0.2) is 84.5 Å². The Balaban J connectivity index is 1.52. The summed E-state index contributed by atoms with van der Waals surface area (Å²) >= 11 is 0. The monoisotopic (exact) mass is 442 g/mol. The third kappa shape index (κ3) is 5.16. The summed E-state index contributed by atoms with van der Waals surface area (Å²) < 4.78 is 6.05. The fourth-order valence-corrected chi connectivity index (χ4v) is 3.63. The first-order valence-electron chi connectivity index (χ1n) is 10.4. The molecule has 1 aliphatic rings. The van der Waals surface area contributed by atoms with Crippen LogP contribution in [0.25, 0.3) is 16.8 Å². The first kappa shape index (κ1) is 22.0. The number of hydroxylamine groups is 1. The van der Waals surface area contributed by atoms with Gasteiger partial charge < -0.3 is 4.74 Å². The Morgan fingerprint density at radius 2 is 1.64 bits per heavy atom. The minimum atomic E-state index is -0.603. The van der Waals surface area contributed by atoms with Gasteiger partial charge in [0.2, 0.25) is 0 Å². The number of nitrogens with zero attached hydrogens (tertiary/aromatic N) is 1. The van der Waals surface area contributed by atoms with E-state index in [-0.39, 0.29) is 18.4 Å². The SMILES string of the molecule is O=C(NO)c1ccc(/C=C(\CCOc2cccc3ccccc23)CN2C(=O)C=CC2=O)cc1. The number of nitrogens with one attached hydrogen (secondary N) is 1. The van der Waals surface area contributed by atoms with Gasteiger partial charge in [0.25, 0.3) is 17.7 Å². The average molecular weight is 442 g/mol. The largest absolute Gasteiger partial charge is 0.493 e. The van der Waals surface area contributed by atoms with Gasteiger partial charge in [0.15, 0.2) is 0 Å². The highest BCUT2D eigenvalue weighted by Gasteiger charge is 2.24. The molecule has 3 aromatic carbocycles. The molecule has 1 heterocycles. The van der Waals surface area contributed by atoms with Crippen molar-refractivity contribution in [2.45, 2.75) is 6.42 Å². The maximum atomic E-state index is 12.1. The van der Waals surface area contributed by atoms with Gasteiger partial charge in [-0.2, -0.15) is 0 Å². The number of carbonyl (C=O) groups excluding carboxylic acids is 3. The van der Waals surface area contributed by atoms with E-state index in [1.165, 1.54) is 17.1 Å². The van der Waals surface area contributed by atoms with Crippen molar-refractivity contribution in [1.29, 1.82) is 0 Å². The first-order valence-corrected chi connectivity index (χ1v) is 10.4. The number of fused-ring (bicyclic) bond motifs is 1. The predicted octanol–water partition coefficient (Wildman–Crippen LogP) is 3.74. The molecule has 7 heteroatoms. The van der Waals surface area contributed by atoms with E-state index in [9.17, 15) is 14.4 Å². The van der Waals surface area contributed by atoms with Crippen LogP contribution in [-0.2, 0) is 9.59 Å². The van der Waals surface area contributed by atoms with Gasteiger partial charge in [-0.1, -0.05) is 54.6 Å². The van der Waals surface area contributed by atoms with E-state index in [1.54, 1.807) is 29.7 Å². The Bertz CT molecular complexity index is 1240. The lowest BCUT2D eigenvalue weighted by atomic mass is 10.1. The Hall–Kier alpha value is -4.23. The summed E-state index contributed by atoms with van der Waals surface area (Å²) in [6.45, 7) is 0.497. The van der Waals surface area contributed by atoms with Gasteiger partial charge in [0.05, 0.1) is 13.2 Å². The van der Waals surface area contributed by atoms with Gasteiger partial charge in [-0.3, -0.25) is 24.5 Å². The molecule has 0 bridgehead atoms. The predicted molar refractivity (Wildman–Crippen MR) is 124 cm³/mol. The summed E-state index contributed by atoms with van der Waals surface area (Å²) in [6.07, 6.45) is 4.87. The van der Waals surface area contributed by atoms with Crippen LogP contribution in [0.5, 0.6) is 5.75 Å². The highest BCUT2D eigenvalue weighted by Crippen LogP contribution is 2.26. The highest BCUT2D eigenvalue weighted by molar-refractivity contribution is 6.13. The molecule has 0 radical (unpaired) electrons. The minimum absolute atomic E-state index is 0.141. The molecule has 0 spiro atoms. The number of rotatable bonds is 8. The second kappa shape index (κ2) is 9.93. The molecule has 2 N–H and O–H groups in total. The Morgan fingerprint density at radius 3 is 2.36 bits per heavy atom. The van der Waals surface area contributed by atoms with Crippen LogP contribution in [0.1, 0.15) is 22.3 Å². The summed E-state index contributed by atoms with van der Waals surface area (Å²) in [5.41, 5.74) is 3.51. The molecule has 0 fully saturated rings. The van der Waals surface area contributed by atoms with Gasteiger partial charge in [-0.05, 0) is 34.7 Å². The zero-order valence-corrected chi connectivity index (χ0v) is 17.7. The third-order valence-corrected chi connectivity index (χ3v) is 5.34. The molecule has 0 unspecified atom stereocenters. The average Bonchev–Trinajstić information content (AvgIpc) is 3.16. The van der Waals surface area contributed by atoms with Gasteiger partial charge in [-0.15, -0.1) is 0 Å². The van der Waals surface area contributed by atoms with Crippen molar-refractivity contribution in [1.82, 2.24) is 10.4 Å². The molecule has 166 valence electrons. The van der Waals surface area contributed by atoms with Crippen molar-refractivity contribution in [2.75, 3.05) is 13.2 Å². The van der Waals surface area contributed by atoms with E-state index in [4.69, 9.17) is 9.94 Å². The molecule has 0 saturated heterocycles. The Kier molecular flexibility index (Phi) is 6.61. The third-order valence-electron chi connectivity index (χ3n) is 5.34. The molecule has 0 saturated carbocycles. The molecular formula is C26H22N2O5. The van der Waals surface area contributed by atoms with Crippen molar-refractivity contribution in [3.8, 4) is 5.75 Å². The quantitative estimate of drug-likeness (QED) is 0.315. The second-order valence-electron chi connectivity index (χ2n) is 7.54. The van der Waals surface area contributed by atoms with E-state index in [0.29, 0.717) is 18.6 Å². The van der Waals surface area contributed by atoms with Crippen LogP contribution in [0.4, 0.5) is 0 Å². The lowest BCUT2D eigenvalue weighted by Gasteiger charge is -2.17. The summed E-state index contributed by atoms with van der Waals surface area (Å²) in [5.74, 6) is -0.540. The number of hydrogen-bond acceptors (Lipinski definition) is 5. The normalized spacial score (nSPS) is 13.6. The molecular weight excluding hydrogens is 420 g/mol. The second-order valence-corrected chi connectivity index (χ2v) is 7.54. The maximum absolute atomic E-state index is 12.1. The van der Waals surface area contributed by atoms with Crippen LogP contribution in [-0.4, -0.2) is 41.0 Å². The van der Waals surface area contributed by atoms with Crippen LogP contribution in [0.3, 0.4) is 0 Å². The van der Waals surface area contributed by atoms with Crippen LogP contribution >= 0.6 is 0 Å².